The van der Waals surface area contributed by atoms with Crippen molar-refractivity contribution in [1.82, 2.24) is 14.9 Å². The first-order valence-corrected chi connectivity index (χ1v) is 8.44. The molecule has 6 nitrogen and oxygen atoms in total. The molecule has 1 aliphatic heterocycles. The van der Waals surface area contributed by atoms with E-state index in [0.29, 0.717) is 32.5 Å². The summed E-state index contributed by atoms with van der Waals surface area (Å²) in [7, 11) is -1.26. The maximum absolute atomic E-state index is 11.9. The van der Waals surface area contributed by atoms with Crippen LogP contribution in [0.2, 0.25) is 0 Å². The highest BCUT2D eigenvalue weighted by Gasteiger charge is 2.29. The molecule has 0 aromatic rings. The van der Waals surface area contributed by atoms with Gasteiger partial charge in [-0.15, -0.1) is 0 Å². The van der Waals surface area contributed by atoms with Crippen LogP contribution in [0.3, 0.4) is 0 Å². The summed E-state index contributed by atoms with van der Waals surface area (Å²) in [5.74, 6) is 0.104. The summed E-state index contributed by atoms with van der Waals surface area (Å²) in [5.41, 5.74) is 0. The van der Waals surface area contributed by atoms with E-state index < -0.39 is 10.0 Å². The van der Waals surface area contributed by atoms with E-state index in [1.54, 1.807) is 6.92 Å². The fraction of sp³-hybridized carbons (Fsp3) is 0.917. The first kappa shape index (κ1) is 16.4. The SMILES string of the molecule is CCS(=O)(=O)N1CCC(C(=O)NCC(C)NC)CC1. The molecule has 1 unspecified atom stereocenters. The van der Waals surface area contributed by atoms with E-state index in [9.17, 15) is 13.2 Å². The molecule has 1 heterocycles. The number of likely N-dealkylation sites (N-methyl/N-ethyl adjacent to an activating group) is 1. The van der Waals surface area contributed by atoms with Gasteiger partial charge in [-0.3, -0.25) is 4.79 Å². The number of hydrogen-bond acceptors (Lipinski definition) is 4. The molecule has 19 heavy (non-hydrogen) atoms. The van der Waals surface area contributed by atoms with Crippen molar-refractivity contribution in [3.63, 3.8) is 0 Å². The van der Waals surface area contributed by atoms with Crippen molar-refractivity contribution in [3.05, 3.63) is 0 Å². The van der Waals surface area contributed by atoms with Crippen molar-refractivity contribution in [1.29, 1.82) is 0 Å². The maximum atomic E-state index is 11.9. The Hall–Kier alpha value is -0.660. The Morgan fingerprint density at radius 2 is 1.95 bits per heavy atom. The second-order valence-corrected chi connectivity index (χ2v) is 7.27. The van der Waals surface area contributed by atoms with Gasteiger partial charge in [0.25, 0.3) is 0 Å². The van der Waals surface area contributed by atoms with Crippen molar-refractivity contribution in [2.24, 2.45) is 5.92 Å². The van der Waals surface area contributed by atoms with Gasteiger partial charge in [0.15, 0.2) is 0 Å². The first-order valence-electron chi connectivity index (χ1n) is 6.83. The molecular formula is C12H25N3O3S. The minimum Gasteiger partial charge on any atom is -0.354 e. The summed E-state index contributed by atoms with van der Waals surface area (Å²) in [6, 6.07) is 0.240. The lowest BCUT2D eigenvalue weighted by Gasteiger charge is -2.30. The van der Waals surface area contributed by atoms with Crippen molar-refractivity contribution in [2.45, 2.75) is 32.7 Å². The molecule has 1 fully saturated rings. The molecule has 7 heteroatoms. The van der Waals surface area contributed by atoms with Crippen molar-refractivity contribution < 1.29 is 13.2 Å². The number of nitrogens with one attached hydrogen (secondary N) is 2. The molecule has 1 rings (SSSR count). The molecule has 112 valence electrons. The fourth-order valence-corrected chi connectivity index (χ4v) is 3.21. The van der Waals surface area contributed by atoms with Crippen LogP contribution in [0.4, 0.5) is 0 Å². The fourth-order valence-electron chi connectivity index (χ4n) is 2.08. The molecule has 0 aliphatic carbocycles. The van der Waals surface area contributed by atoms with Crippen molar-refractivity contribution in [3.8, 4) is 0 Å². The summed E-state index contributed by atoms with van der Waals surface area (Å²) in [6.45, 7) is 5.15. The summed E-state index contributed by atoms with van der Waals surface area (Å²) >= 11 is 0. The zero-order valence-electron chi connectivity index (χ0n) is 12.0. The number of carbonyl (C=O) groups excluding carboxylic acids is 1. The van der Waals surface area contributed by atoms with Crippen molar-refractivity contribution >= 4 is 15.9 Å². The Balaban J connectivity index is 2.39. The molecule has 0 spiro atoms. The lowest BCUT2D eigenvalue weighted by Crippen LogP contribution is -2.45. The van der Waals surface area contributed by atoms with Crippen LogP contribution in [0.25, 0.3) is 0 Å². The van der Waals surface area contributed by atoms with Gasteiger partial charge in [0.1, 0.15) is 0 Å². The molecule has 2 N–H and O–H groups in total. The molecule has 1 atom stereocenters. The number of nitrogens with zero attached hydrogens (tertiary/aromatic N) is 1. The molecule has 1 aliphatic rings. The number of sulfonamides is 1. The van der Waals surface area contributed by atoms with Crippen LogP contribution < -0.4 is 10.6 Å². The van der Waals surface area contributed by atoms with Crippen LogP contribution in [-0.4, -0.2) is 57.1 Å². The van der Waals surface area contributed by atoms with Crippen LogP contribution in [-0.2, 0) is 14.8 Å². The van der Waals surface area contributed by atoms with Crippen LogP contribution in [0.5, 0.6) is 0 Å². The monoisotopic (exact) mass is 291 g/mol. The molecule has 0 aromatic heterocycles. The minimum absolute atomic E-state index is 0.0376. The summed E-state index contributed by atoms with van der Waals surface area (Å²) in [4.78, 5) is 11.9. The Kier molecular flexibility index (Phi) is 6.22. The van der Waals surface area contributed by atoms with E-state index in [2.05, 4.69) is 10.6 Å². The summed E-state index contributed by atoms with van der Waals surface area (Å²) in [6.07, 6.45) is 1.22. The quantitative estimate of drug-likeness (QED) is 0.709. The largest absolute Gasteiger partial charge is 0.354 e. The predicted octanol–water partition coefficient (Wildman–Crippen LogP) is -0.228. The molecule has 1 saturated heterocycles. The Labute approximate surface area is 116 Å². The van der Waals surface area contributed by atoms with E-state index in [-0.39, 0.29) is 23.6 Å². The second kappa shape index (κ2) is 7.21. The maximum Gasteiger partial charge on any atom is 0.223 e. The molecule has 0 aromatic carbocycles. The third kappa shape index (κ3) is 4.74. The van der Waals surface area contributed by atoms with Crippen LogP contribution in [0.15, 0.2) is 0 Å². The van der Waals surface area contributed by atoms with E-state index in [1.807, 2.05) is 14.0 Å². The smallest absolute Gasteiger partial charge is 0.223 e. The summed E-state index contributed by atoms with van der Waals surface area (Å²) in [5, 5.41) is 5.96. The highest BCUT2D eigenvalue weighted by Crippen LogP contribution is 2.19. The van der Waals surface area contributed by atoms with E-state index in [0.717, 1.165) is 0 Å². The van der Waals surface area contributed by atoms with E-state index >= 15 is 0 Å². The second-order valence-electron chi connectivity index (χ2n) is 5.01. The Morgan fingerprint density at radius 3 is 2.42 bits per heavy atom. The number of carbonyl (C=O) groups is 1. The Bertz CT molecular complexity index is 389. The topological polar surface area (TPSA) is 78.5 Å². The van der Waals surface area contributed by atoms with Gasteiger partial charge in [0, 0.05) is 31.6 Å². The average molecular weight is 291 g/mol. The molecular weight excluding hydrogens is 266 g/mol. The van der Waals surface area contributed by atoms with Gasteiger partial charge in [-0.25, -0.2) is 12.7 Å². The average Bonchev–Trinajstić information content (AvgIpc) is 2.44. The van der Waals surface area contributed by atoms with E-state index in [1.165, 1.54) is 4.31 Å². The van der Waals surface area contributed by atoms with Gasteiger partial charge in [-0.1, -0.05) is 0 Å². The summed E-state index contributed by atoms with van der Waals surface area (Å²) < 4.78 is 24.9. The van der Waals surface area contributed by atoms with Gasteiger partial charge in [-0.05, 0) is 33.7 Å². The molecule has 0 radical (unpaired) electrons. The number of rotatable bonds is 6. The molecule has 0 saturated carbocycles. The van der Waals surface area contributed by atoms with Crippen molar-refractivity contribution in [2.75, 3.05) is 32.4 Å². The van der Waals surface area contributed by atoms with Gasteiger partial charge in [0.2, 0.25) is 15.9 Å². The third-order valence-electron chi connectivity index (χ3n) is 3.66. The van der Waals surface area contributed by atoms with Gasteiger partial charge < -0.3 is 10.6 Å². The lowest BCUT2D eigenvalue weighted by atomic mass is 9.97. The highest BCUT2D eigenvalue weighted by molar-refractivity contribution is 7.89. The normalized spacial score (nSPS) is 20.2. The van der Waals surface area contributed by atoms with E-state index in [4.69, 9.17) is 0 Å². The standard InChI is InChI=1S/C12H25N3O3S/c1-4-19(17,18)15-7-5-11(6-8-15)12(16)14-9-10(2)13-3/h10-11,13H,4-9H2,1-3H3,(H,14,16). The first-order chi connectivity index (χ1) is 8.90. The van der Waals surface area contributed by atoms with Gasteiger partial charge in [0.05, 0.1) is 5.75 Å². The lowest BCUT2D eigenvalue weighted by molar-refractivity contribution is -0.126. The number of amides is 1. The zero-order chi connectivity index (χ0) is 14.5. The highest BCUT2D eigenvalue weighted by atomic mass is 32.2. The van der Waals surface area contributed by atoms with Crippen LogP contribution in [0.1, 0.15) is 26.7 Å². The number of hydrogen-bond donors (Lipinski definition) is 2. The Morgan fingerprint density at radius 1 is 1.37 bits per heavy atom. The minimum atomic E-state index is -3.11. The van der Waals surface area contributed by atoms with Gasteiger partial charge in [-0.2, -0.15) is 0 Å². The molecule has 0 bridgehead atoms. The van der Waals surface area contributed by atoms with Crippen LogP contribution >= 0.6 is 0 Å². The van der Waals surface area contributed by atoms with Crippen LogP contribution in [0, 0.1) is 5.92 Å². The molecule has 1 amide bonds. The zero-order valence-corrected chi connectivity index (χ0v) is 12.8. The third-order valence-corrected chi connectivity index (χ3v) is 5.54. The van der Waals surface area contributed by atoms with Gasteiger partial charge >= 0.3 is 0 Å². The predicted molar refractivity (Wildman–Crippen MR) is 75.3 cm³/mol. The number of piperidine rings is 1.